The Kier molecular flexibility index (Phi) is 7.23. The van der Waals surface area contributed by atoms with Gasteiger partial charge >= 0.3 is 0 Å². The summed E-state index contributed by atoms with van der Waals surface area (Å²) >= 11 is 0. The lowest BCUT2D eigenvalue weighted by Gasteiger charge is -2.15. The maximum absolute atomic E-state index is 10.2. The van der Waals surface area contributed by atoms with Crippen LogP contribution in [0.3, 0.4) is 0 Å². The Morgan fingerprint density at radius 1 is 1.08 bits per heavy atom. The number of aromatic nitrogens is 1. The molecule has 1 aromatic carbocycles. The predicted octanol–water partition coefficient (Wildman–Crippen LogP) is 2.43. The molecule has 24 heavy (non-hydrogen) atoms. The quantitative estimate of drug-likeness (QED) is 0.540. The van der Waals surface area contributed by atoms with E-state index < -0.39 is 6.10 Å². The molecule has 3 N–H and O–H groups in total. The van der Waals surface area contributed by atoms with E-state index in [9.17, 15) is 5.11 Å². The lowest BCUT2D eigenvalue weighted by Crippen LogP contribution is -2.39. The molecule has 0 aliphatic carbocycles. The molecule has 0 saturated carbocycles. The maximum atomic E-state index is 10.2. The van der Waals surface area contributed by atoms with Gasteiger partial charge in [0.2, 0.25) is 0 Å². The zero-order chi connectivity index (χ0) is 17.2. The van der Waals surface area contributed by atoms with Crippen molar-refractivity contribution >= 4 is 5.96 Å². The third kappa shape index (κ3) is 5.35. The number of nitrogens with one attached hydrogen (secondary N) is 2. The molecule has 0 aliphatic rings. The molecule has 1 unspecified atom stereocenters. The first kappa shape index (κ1) is 17.9. The van der Waals surface area contributed by atoms with E-state index >= 15 is 0 Å². The molecule has 0 spiro atoms. The summed E-state index contributed by atoms with van der Waals surface area (Å²) in [6.45, 7) is 5.95. The second-order valence-corrected chi connectivity index (χ2v) is 5.49. The number of pyridine rings is 1. The number of aryl methyl sites for hydroxylation is 1. The molecule has 0 radical (unpaired) electrons. The van der Waals surface area contributed by atoms with Gasteiger partial charge in [-0.3, -0.25) is 4.98 Å². The molecule has 1 aromatic heterocycles. The third-order valence-corrected chi connectivity index (χ3v) is 3.80. The van der Waals surface area contributed by atoms with Gasteiger partial charge in [0.25, 0.3) is 0 Å². The molecule has 5 nitrogen and oxygen atoms in total. The van der Waals surface area contributed by atoms with Gasteiger partial charge in [-0.05, 0) is 42.2 Å². The molecule has 0 saturated heterocycles. The summed E-state index contributed by atoms with van der Waals surface area (Å²) in [6, 6.07) is 12.0. The number of aliphatic hydroxyl groups is 1. The van der Waals surface area contributed by atoms with E-state index in [-0.39, 0.29) is 0 Å². The van der Waals surface area contributed by atoms with Crippen LogP contribution in [0.2, 0.25) is 0 Å². The molecule has 0 fully saturated rings. The first-order valence-electron chi connectivity index (χ1n) is 8.41. The number of nitrogens with zero attached hydrogens (tertiary/aromatic N) is 2. The number of aliphatic imine (C=N–C) groups is 1. The number of rotatable bonds is 7. The van der Waals surface area contributed by atoms with Crippen molar-refractivity contribution in [1.29, 1.82) is 0 Å². The highest BCUT2D eigenvalue weighted by molar-refractivity contribution is 5.79. The van der Waals surface area contributed by atoms with Crippen LogP contribution < -0.4 is 10.6 Å². The minimum Gasteiger partial charge on any atom is -0.387 e. The molecule has 128 valence electrons. The summed E-state index contributed by atoms with van der Waals surface area (Å²) in [7, 11) is 0. The van der Waals surface area contributed by atoms with E-state index in [2.05, 4.69) is 45.7 Å². The van der Waals surface area contributed by atoms with Crippen LogP contribution >= 0.6 is 0 Å². The summed E-state index contributed by atoms with van der Waals surface area (Å²) in [6.07, 6.45) is 3.76. The van der Waals surface area contributed by atoms with Gasteiger partial charge in [0.05, 0.1) is 12.6 Å². The highest BCUT2D eigenvalue weighted by atomic mass is 16.3. The van der Waals surface area contributed by atoms with Crippen LogP contribution in [-0.2, 0) is 13.0 Å². The Balaban J connectivity index is 1.98. The number of aliphatic hydroxyl groups excluding tert-OH is 1. The molecule has 0 aliphatic heterocycles. The van der Waals surface area contributed by atoms with Gasteiger partial charge in [0, 0.05) is 25.5 Å². The zero-order valence-corrected chi connectivity index (χ0v) is 14.4. The Hall–Kier alpha value is -2.40. The van der Waals surface area contributed by atoms with Crippen LogP contribution in [0, 0.1) is 0 Å². The van der Waals surface area contributed by atoms with Crippen molar-refractivity contribution in [3.05, 3.63) is 65.5 Å². The molecule has 2 rings (SSSR count). The fourth-order valence-electron chi connectivity index (χ4n) is 2.46. The molecular weight excluding hydrogens is 300 g/mol. The monoisotopic (exact) mass is 326 g/mol. The van der Waals surface area contributed by atoms with E-state index in [1.54, 1.807) is 12.4 Å². The number of hydrogen-bond donors (Lipinski definition) is 3. The first-order chi connectivity index (χ1) is 11.7. The second kappa shape index (κ2) is 9.67. The lowest BCUT2D eigenvalue weighted by atomic mass is 10.1. The summed E-state index contributed by atoms with van der Waals surface area (Å²) in [4.78, 5) is 8.59. The molecule has 1 heterocycles. The third-order valence-electron chi connectivity index (χ3n) is 3.80. The van der Waals surface area contributed by atoms with E-state index in [1.807, 2.05) is 25.1 Å². The number of hydrogen-bond acceptors (Lipinski definition) is 3. The van der Waals surface area contributed by atoms with Crippen molar-refractivity contribution in [3.8, 4) is 0 Å². The second-order valence-electron chi connectivity index (χ2n) is 5.49. The average Bonchev–Trinajstić information content (AvgIpc) is 2.64. The first-order valence-corrected chi connectivity index (χ1v) is 8.41. The van der Waals surface area contributed by atoms with Crippen molar-refractivity contribution in [2.24, 2.45) is 4.99 Å². The van der Waals surface area contributed by atoms with Crippen molar-refractivity contribution in [3.63, 3.8) is 0 Å². The van der Waals surface area contributed by atoms with E-state index in [4.69, 9.17) is 0 Å². The Labute approximate surface area is 143 Å². The topological polar surface area (TPSA) is 69.5 Å². The molecule has 1 atom stereocenters. The van der Waals surface area contributed by atoms with E-state index in [1.165, 1.54) is 11.1 Å². The van der Waals surface area contributed by atoms with Crippen molar-refractivity contribution in [1.82, 2.24) is 15.6 Å². The molecule has 0 amide bonds. The molecule has 2 aromatic rings. The van der Waals surface area contributed by atoms with Crippen LogP contribution in [0.5, 0.6) is 0 Å². The highest BCUT2D eigenvalue weighted by Crippen LogP contribution is 2.11. The lowest BCUT2D eigenvalue weighted by molar-refractivity contribution is 0.180. The van der Waals surface area contributed by atoms with Gasteiger partial charge in [-0.2, -0.15) is 0 Å². The number of benzene rings is 1. The van der Waals surface area contributed by atoms with Gasteiger partial charge in [-0.1, -0.05) is 31.2 Å². The minimum atomic E-state index is -0.597. The molecule has 5 heteroatoms. The molecular formula is C19H26N4O. The Bertz CT molecular complexity index is 643. The van der Waals surface area contributed by atoms with Crippen LogP contribution in [0.4, 0.5) is 0 Å². The summed E-state index contributed by atoms with van der Waals surface area (Å²) in [5.74, 6) is 0.705. The molecule has 0 bridgehead atoms. The minimum absolute atomic E-state index is 0.394. The normalized spacial score (nSPS) is 12.7. The van der Waals surface area contributed by atoms with Gasteiger partial charge < -0.3 is 15.7 Å². The van der Waals surface area contributed by atoms with Crippen molar-refractivity contribution < 1.29 is 5.11 Å². The fourth-order valence-corrected chi connectivity index (χ4v) is 2.46. The SMILES string of the molecule is CCNC(=NCc1ccccc1CC)NCC(O)c1ccncc1. The van der Waals surface area contributed by atoms with Crippen LogP contribution in [0.25, 0.3) is 0 Å². The van der Waals surface area contributed by atoms with Crippen LogP contribution in [-0.4, -0.2) is 29.1 Å². The van der Waals surface area contributed by atoms with Crippen LogP contribution in [0.1, 0.15) is 36.6 Å². The van der Waals surface area contributed by atoms with Gasteiger partial charge in [-0.25, -0.2) is 4.99 Å². The average molecular weight is 326 g/mol. The van der Waals surface area contributed by atoms with Gasteiger partial charge in [0.15, 0.2) is 5.96 Å². The van der Waals surface area contributed by atoms with E-state index in [0.29, 0.717) is 19.0 Å². The smallest absolute Gasteiger partial charge is 0.191 e. The van der Waals surface area contributed by atoms with Crippen LogP contribution in [0.15, 0.2) is 53.8 Å². The number of guanidine groups is 1. The Morgan fingerprint density at radius 3 is 2.46 bits per heavy atom. The predicted molar refractivity (Wildman–Crippen MR) is 97.8 cm³/mol. The summed E-state index contributed by atoms with van der Waals surface area (Å²) in [5.41, 5.74) is 3.38. The highest BCUT2D eigenvalue weighted by Gasteiger charge is 2.08. The zero-order valence-electron chi connectivity index (χ0n) is 14.4. The van der Waals surface area contributed by atoms with Gasteiger partial charge in [-0.15, -0.1) is 0 Å². The summed E-state index contributed by atoms with van der Waals surface area (Å²) in [5, 5.41) is 16.6. The largest absolute Gasteiger partial charge is 0.387 e. The standard InChI is InChI=1S/C19H26N4O/c1-3-15-7-5-6-8-17(15)13-22-19(21-4-2)23-14-18(24)16-9-11-20-12-10-16/h5-12,18,24H,3-4,13-14H2,1-2H3,(H2,21,22,23). The summed E-state index contributed by atoms with van der Waals surface area (Å²) < 4.78 is 0. The van der Waals surface area contributed by atoms with Crippen molar-refractivity contribution in [2.45, 2.75) is 32.9 Å². The van der Waals surface area contributed by atoms with Gasteiger partial charge in [0.1, 0.15) is 0 Å². The Morgan fingerprint density at radius 2 is 1.79 bits per heavy atom. The fraction of sp³-hybridized carbons (Fsp3) is 0.368. The van der Waals surface area contributed by atoms with Crippen molar-refractivity contribution in [2.75, 3.05) is 13.1 Å². The maximum Gasteiger partial charge on any atom is 0.191 e. The van der Waals surface area contributed by atoms with E-state index in [0.717, 1.165) is 18.5 Å².